The van der Waals surface area contributed by atoms with Crippen molar-refractivity contribution in [3.63, 3.8) is 0 Å². The van der Waals surface area contributed by atoms with Crippen molar-refractivity contribution in [3.05, 3.63) is 12.2 Å². The van der Waals surface area contributed by atoms with Crippen molar-refractivity contribution in [2.75, 3.05) is 0 Å². The molecule has 38 heavy (non-hydrogen) atoms. The highest BCUT2D eigenvalue weighted by atomic mass is 33.0. The van der Waals surface area contributed by atoms with Crippen molar-refractivity contribution >= 4 is 104 Å². The molecule has 0 heterocycles. The topological polar surface area (TPSA) is 61.8 Å². The van der Waals surface area contributed by atoms with Crippen LogP contribution in [0.25, 0.3) is 0 Å². The van der Waals surface area contributed by atoms with Gasteiger partial charge >= 0.3 is 5.97 Å². The lowest BCUT2D eigenvalue weighted by Gasteiger charge is -2.31. The summed E-state index contributed by atoms with van der Waals surface area (Å²) in [4.78, 5) is 24.6. The maximum Gasteiger partial charge on any atom is 0.309 e. The van der Waals surface area contributed by atoms with Gasteiger partial charge in [0.15, 0.2) is 0 Å². The average molecular weight is 734 g/mol. The average Bonchev–Trinajstić information content (AvgIpc) is 3.17. The van der Waals surface area contributed by atoms with E-state index in [-0.39, 0.29) is 37.6 Å². The van der Waals surface area contributed by atoms with E-state index in [4.69, 9.17) is 13.6 Å². The summed E-state index contributed by atoms with van der Waals surface area (Å²) in [6.07, 6.45) is 13.3. The smallest absolute Gasteiger partial charge is 0.309 e. The van der Waals surface area contributed by atoms with Gasteiger partial charge in [-0.2, -0.15) is 0 Å². The maximum atomic E-state index is 12.9. The van der Waals surface area contributed by atoms with E-state index in [1.165, 1.54) is 0 Å². The van der Waals surface area contributed by atoms with Gasteiger partial charge in [-0.25, -0.2) is 0 Å². The molecule has 0 amide bonds. The predicted molar refractivity (Wildman–Crippen MR) is 198 cm³/mol. The summed E-state index contributed by atoms with van der Waals surface area (Å²) in [6.45, 7) is 5.54. The van der Waals surface area contributed by atoms with E-state index in [1.807, 2.05) is 0 Å². The van der Waals surface area contributed by atoms with Gasteiger partial charge < -0.3 is 13.6 Å². The molecule has 0 aromatic carbocycles. The third-order valence-electron chi connectivity index (χ3n) is 7.15. The van der Waals surface area contributed by atoms with Crippen LogP contribution in [-0.2, 0) is 23.2 Å². The Morgan fingerprint density at radius 3 is 2.13 bits per heavy atom. The van der Waals surface area contributed by atoms with E-state index in [2.05, 4.69) is 96.0 Å². The van der Waals surface area contributed by atoms with Crippen LogP contribution in [-0.4, -0.2) is 24.0 Å². The predicted octanol–water partition coefficient (Wildman–Crippen LogP) is 10.7. The summed E-state index contributed by atoms with van der Waals surface area (Å²) in [5.74, 6) is 0.857. The Bertz CT molecular complexity index is 730. The first-order valence-corrected chi connectivity index (χ1v) is 29.7. The molecule has 222 valence electrons. The number of unbranched alkanes of at least 4 members (excludes halogenated alkanes) is 3. The summed E-state index contributed by atoms with van der Waals surface area (Å²) in [5, 5.41) is 0. The number of hydrogen-bond donors (Lipinski definition) is 0. The van der Waals surface area contributed by atoms with Crippen LogP contribution in [0.4, 0.5) is 0 Å². The first-order valence-electron chi connectivity index (χ1n) is 12.9. The highest BCUT2D eigenvalue weighted by Crippen LogP contribution is 2.98. The lowest BCUT2D eigenvalue weighted by atomic mass is 9.80. The fourth-order valence-corrected chi connectivity index (χ4v) is 38.8. The zero-order valence-electron chi connectivity index (χ0n) is 22.9. The van der Waals surface area contributed by atoms with Gasteiger partial charge in [0.25, 0.3) is 0 Å². The van der Waals surface area contributed by atoms with Gasteiger partial charge in [0.1, 0.15) is 13.3 Å². The third kappa shape index (κ3) is 15.0. The van der Waals surface area contributed by atoms with E-state index in [0.29, 0.717) is 30.5 Å². The fourth-order valence-electron chi connectivity index (χ4n) is 4.56. The molecule has 1 fully saturated rings. The Morgan fingerprint density at radius 2 is 1.58 bits per heavy atom. The van der Waals surface area contributed by atoms with E-state index in [9.17, 15) is 9.59 Å². The van der Waals surface area contributed by atoms with Gasteiger partial charge in [0, 0.05) is 34.1 Å². The van der Waals surface area contributed by atoms with Gasteiger partial charge in [0.05, 0.1) is 19.7 Å². The fraction of sp³-hybridized carbons (Fsp3) is 0.818. The standard InChI is InChI=1S/C22H49O5P11/c1-4-22(2,3)20(23)14-13-17-16(11-9-7-5-6-8-10-12-21(24)27-35(29)30)19(15-18(17)25-28)26-36(37(31)32)38(33)34/h7,9,16-19H,4-6,8,10-15,28-34H2,1-3H3/b9-7+. The molecule has 0 aromatic rings. The van der Waals surface area contributed by atoms with Gasteiger partial charge in [0.2, 0.25) is 0 Å². The quantitative estimate of drug-likeness (QED) is 0.0751. The first-order chi connectivity index (χ1) is 17.8. The van der Waals surface area contributed by atoms with Crippen LogP contribution in [0.2, 0.25) is 0 Å². The van der Waals surface area contributed by atoms with Crippen LogP contribution in [0.1, 0.15) is 85.0 Å². The molecule has 11 unspecified atom stereocenters. The molecular weight excluding hydrogens is 685 g/mol. The molecule has 1 rings (SSSR count). The maximum absolute atomic E-state index is 12.9. The van der Waals surface area contributed by atoms with Crippen LogP contribution < -0.4 is 0 Å². The molecule has 1 aliphatic carbocycles. The Kier molecular flexibility index (Phi) is 22.2. The van der Waals surface area contributed by atoms with Crippen molar-refractivity contribution < 1.29 is 23.2 Å². The normalized spacial score (nSPS) is 22.5. The Labute approximate surface area is 252 Å². The Morgan fingerprint density at radius 1 is 0.921 bits per heavy atom. The second kappa shape index (κ2) is 21.3. The number of ketones is 1. The number of allylic oxidation sites excluding steroid dienone is 2. The lowest BCUT2D eigenvalue weighted by molar-refractivity contribution is -0.133. The molecule has 5 nitrogen and oxygen atoms in total. The van der Waals surface area contributed by atoms with Crippen molar-refractivity contribution in [2.24, 2.45) is 17.3 Å². The molecule has 0 aromatic heterocycles. The molecule has 11 atom stereocenters. The van der Waals surface area contributed by atoms with Crippen molar-refractivity contribution in [2.45, 2.75) is 97.2 Å². The SMILES string of the molecule is CCC(C)(C)C(=O)CCC1C(OP)CC(OP(P(P)P)P(P)P)C1C/C=C/CCCCCC(=O)OP(P)P. The molecule has 0 spiro atoms. The minimum atomic E-state index is -0.784. The van der Waals surface area contributed by atoms with Crippen molar-refractivity contribution in [3.8, 4) is 0 Å². The molecule has 0 radical (unpaired) electrons. The molecule has 1 aliphatic rings. The summed E-state index contributed by atoms with van der Waals surface area (Å²) >= 11 is 0. The first kappa shape index (κ1) is 39.6. The Hall–Kier alpha value is 3.53. The highest BCUT2D eigenvalue weighted by Gasteiger charge is 2.45. The zero-order chi connectivity index (χ0) is 28.9. The second-order valence-electron chi connectivity index (χ2n) is 10.2. The van der Waals surface area contributed by atoms with E-state index in [0.717, 1.165) is 51.4 Å². The summed E-state index contributed by atoms with van der Waals surface area (Å²) in [6, 6.07) is 0. The van der Waals surface area contributed by atoms with Gasteiger partial charge in [-0.15, -0.1) is 35.7 Å². The number of carbonyl (C=O) groups is 2. The molecule has 1 saturated carbocycles. The van der Waals surface area contributed by atoms with Crippen molar-refractivity contribution in [1.82, 2.24) is 0 Å². The molecular formula is C22H49O5P11. The van der Waals surface area contributed by atoms with E-state index < -0.39 is 15.1 Å². The van der Waals surface area contributed by atoms with Gasteiger partial charge in [-0.3, -0.25) is 9.59 Å². The number of carbonyl (C=O) groups excluding carboxylic acids is 2. The van der Waals surface area contributed by atoms with Crippen LogP contribution in [0, 0.1) is 17.3 Å². The van der Waals surface area contributed by atoms with Crippen LogP contribution >= 0.6 is 92.1 Å². The zero-order valence-corrected chi connectivity index (χ0v) is 34.6. The molecule has 0 N–H and O–H groups in total. The van der Waals surface area contributed by atoms with Crippen molar-refractivity contribution in [1.29, 1.82) is 0 Å². The monoisotopic (exact) mass is 734 g/mol. The second-order valence-corrected chi connectivity index (χ2v) is 39.8. The van der Waals surface area contributed by atoms with Gasteiger partial charge in [-0.05, 0) is 64.3 Å². The van der Waals surface area contributed by atoms with Crippen LogP contribution in [0.3, 0.4) is 0 Å². The highest BCUT2D eigenvalue weighted by molar-refractivity contribution is 8.96. The summed E-state index contributed by atoms with van der Waals surface area (Å²) < 4.78 is 18.0. The molecule has 0 aliphatic heterocycles. The number of rotatable bonds is 19. The van der Waals surface area contributed by atoms with Crippen LogP contribution in [0.5, 0.6) is 0 Å². The summed E-state index contributed by atoms with van der Waals surface area (Å²) in [7, 11) is 18.0. The lowest BCUT2D eigenvalue weighted by Crippen LogP contribution is -2.27. The minimum Gasteiger partial charge on any atom is -0.437 e. The minimum absolute atomic E-state index is 0.0853. The van der Waals surface area contributed by atoms with Gasteiger partial charge in [-0.1, -0.05) is 57.2 Å². The number of Topliss-reactive ketones (excluding diaryl/α,β-unsaturated/α-hetero) is 1. The summed E-state index contributed by atoms with van der Waals surface area (Å²) in [5.41, 5.74) is -0.274. The van der Waals surface area contributed by atoms with E-state index >= 15 is 0 Å². The largest absolute Gasteiger partial charge is 0.437 e. The molecule has 0 bridgehead atoms. The number of hydrogen-bond acceptors (Lipinski definition) is 5. The Balaban J connectivity index is 2.81. The molecule has 0 saturated heterocycles. The third-order valence-corrected chi connectivity index (χ3v) is 31.0. The van der Waals surface area contributed by atoms with E-state index in [1.54, 1.807) is 0 Å². The van der Waals surface area contributed by atoms with Crippen LogP contribution in [0.15, 0.2) is 12.2 Å². The molecule has 16 heteroatoms.